The van der Waals surface area contributed by atoms with E-state index in [1.165, 1.54) is 0 Å². The standard InChI is InChI=1S/C8H11BrN2O/c1-6(2)11-5-7(4-10-11)8(12)3-9/h4-6H,3H2,1-2H3. The van der Waals surface area contributed by atoms with Gasteiger partial charge in [-0.05, 0) is 13.8 Å². The monoisotopic (exact) mass is 230 g/mol. The third-order valence-corrected chi connectivity index (χ3v) is 2.08. The number of nitrogens with zero attached hydrogens (tertiary/aromatic N) is 2. The molecule has 0 fully saturated rings. The molecule has 0 saturated carbocycles. The molecule has 0 aliphatic carbocycles. The summed E-state index contributed by atoms with van der Waals surface area (Å²) in [6.45, 7) is 4.05. The molecule has 0 aliphatic rings. The Morgan fingerprint density at radius 2 is 2.42 bits per heavy atom. The van der Waals surface area contributed by atoms with E-state index in [0.29, 0.717) is 16.9 Å². The molecule has 1 aromatic heterocycles. The van der Waals surface area contributed by atoms with Crippen LogP contribution in [0.15, 0.2) is 12.4 Å². The zero-order chi connectivity index (χ0) is 9.14. The molecule has 0 spiro atoms. The highest BCUT2D eigenvalue weighted by molar-refractivity contribution is 9.09. The lowest BCUT2D eigenvalue weighted by Gasteiger charge is -2.02. The van der Waals surface area contributed by atoms with Crippen molar-refractivity contribution in [3.8, 4) is 0 Å². The average molecular weight is 231 g/mol. The van der Waals surface area contributed by atoms with Crippen LogP contribution in [0.4, 0.5) is 0 Å². The summed E-state index contributed by atoms with van der Waals surface area (Å²) in [5, 5.41) is 4.42. The first-order valence-corrected chi connectivity index (χ1v) is 4.90. The molecule has 0 N–H and O–H groups in total. The Kier molecular flexibility index (Phi) is 3.03. The third-order valence-electron chi connectivity index (χ3n) is 1.57. The topological polar surface area (TPSA) is 34.9 Å². The quantitative estimate of drug-likeness (QED) is 0.589. The minimum atomic E-state index is 0.0712. The molecule has 0 aliphatic heterocycles. The molecule has 0 amide bonds. The van der Waals surface area contributed by atoms with Gasteiger partial charge in [0.25, 0.3) is 0 Å². The Balaban J connectivity index is 2.84. The highest BCUT2D eigenvalue weighted by Gasteiger charge is 2.07. The molecular weight excluding hydrogens is 220 g/mol. The first-order valence-electron chi connectivity index (χ1n) is 3.78. The lowest BCUT2D eigenvalue weighted by Crippen LogP contribution is -2.01. The maximum atomic E-state index is 11.1. The minimum absolute atomic E-state index is 0.0712. The highest BCUT2D eigenvalue weighted by atomic mass is 79.9. The van der Waals surface area contributed by atoms with Crippen molar-refractivity contribution in [2.24, 2.45) is 0 Å². The van der Waals surface area contributed by atoms with Crippen molar-refractivity contribution in [3.63, 3.8) is 0 Å². The molecule has 1 heterocycles. The van der Waals surface area contributed by atoms with E-state index in [9.17, 15) is 4.79 Å². The predicted molar refractivity (Wildman–Crippen MR) is 50.7 cm³/mol. The fraction of sp³-hybridized carbons (Fsp3) is 0.500. The average Bonchev–Trinajstić information content (AvgIpc) is 2.51. The summed E-state index contributed by atoms with van der Waals surface area (Å²) >= 11 is 3.11. The first kappa shape index (κ1) is 9.45. The Labute approximate surface area is 79.9 Å². The summed E-state index contributed by atoms with van der Waals surface area (Å²) in [6.07, 6.45) is 3.37. The van der Waals surface area contributed by atoms with Crippen LogP contribution < -0.4 is 0 Å². The van der Waals surface area contributed by atoms with Gasteiger partial charge in [0.05, 0.1) is 17.1 Å². The SMILES string of the molecule is CC(C)n1cc(C(=O)CBr)cn1. The van der Waals surface area contributed by atoms with E-state index in [0.717, 1.165) is 0 Å². The molecule has 12 heavy (non-hydrogen) atoms. The van der Waals surface area contributed by atoms with Crippen LogP contribution in [-0.4, -0.2) is 20.9 Å². The fourth-order valence-electron chi connectivity index (χ4n) is 0.842. The van der Waals surface area contributed by atoms with Crippen LogP contribution in [-0.2, 0) is 0 Å². The second-order valence-corrected chi connectivity index (χ2v) is 3.42. The van der Waals surface area contributed by atoms with Crippen molar-refractivity contribution in [3.05, 3.63) is 18.0 Å². The van der Waals surface area contributed by atoms with E-state index in [4.69, 9.17) is 0 Å². The van der Waals surface area contributed by atoms with Crippen molar-refractivity contribution >= 4 is 21.7 Å². The Morgan fingerprint density at radius 1 is 1.75 bits per heavy atom. The molecule has 0 saturated heterocycles. The Morgan fingerprint density at radius 3 is 2.83 bits per heavy atom. The van der Waals surface area contributed by atoms with Gasteiger partial charge in [0.2, 0.25) is 0 Å². The van der Waals surface area contributed by atoms with Crippen molar-refractivity contribution in [1.29, 1.82) is 0 Å². The number of Topliss-reactive ketones (excluding diaryl/α,β-unsaturated/α-hetero) is 1. The normalized spacial score (nSPS) is 10.7. The molecule has 0 atom stereocenters. The van der Waals surface area contributed by atoms with Gasteiger partial charge in [-0.2, -0.15) is 5.10 Å². The first-order chi connectivity index (χ1) is 5.65. The smallest absolute Gasteiger partial charge is 0.176 e. The fourth-order valence-corrected chi connectivity index (χ4v) is 1.17. The van der Waals surface area contributed by atoms with Gasteiger partial charge in [0.15, 0.2) is 5.78 Å². The van der Waals surface area contributed by atoms with E-state index in [-0.39, 0.29) is 5.78 Å². The van der Waals surface area contributed by atoms with Crippen LogP contribution in [0.25, 0.3) is 0 Å². The Hall–Kier alpha value is -0.640. The Bertz CT molecular complexity index is 280. The highest BCUT2D eigenvalue weighted by Crippen LogP contribution is 2.06. The van der Waals surface area contributed by atoms with Gasteiger partial charge in [-0.3, -0.25) is 9.48 Å². The van der Waals surface area contributed by atoms with E-state index in [1.54, 1.807) is 17.1 Å². The number of aromatic nitrogens is 2. The molecule has 66 valence electrons. The summed E-state index contributed by atoms with van der Waals surface area (Å²) in [5.41, 5.74) is 0.667. The largest absolute Gasteiger partial charge is 0.293 e. The molecule has 3 nitrogen and oxygen atoms in total. The number of ketones is 1. The predicted octanol–water partition coefficient (Wildman–Crippen LogP) is 2.04. The molecule has 1 aromatic rings. The molecule has 4 heteroatoms. The van der Waals surface area contributed by atoms with Crippen molar-refractivity contribution in [2.45, 2.75) is 19.9 Å². The van der Waals surface area contributed by atoms with Gasteiger partial charge in [0.1, 0.15) is 0 Å². The van der Waals surface area contributed by atoms with Gasteiger partial charge in [-0.25, -0.2) is 0 Å². The summed E-state index contributed by atoms with van der Waals surface area (Å²) < 4.78 is 1.77. The molecule has 0 bridgehead atoms. The number of carbonyl (C=O) groups excluding carboxylic acids is 1. The van der Waals surface area contributed by atoms with Gasteiger partial charge >= 0.3 is 0 Å². The van der Waals surface area contributed by atoms with E-state index >= 15 is 0 Å². The van der Waals surface area contributed by atoms with Crippen LogP contribution in [0.2, 0.25) is 0 Å². The second-order valence-electron chi connectivity index (χ2n) is 2.86. The summed E-state index contributed by atoms with van der Waals surface area (Å²) in [6, 6.07) is 0.307. The second kappa shape index (κ2) is 3.85. The number of halogens is 1. The van der Waals surface area contributed by atoms with Gasteiger partial charge < -0.3 is 0 Å². The summed E-state index contributed by atoms with van der Waals surface area (Å²) in [7, 11) is 0. The number of rotatable bonds is 3. The molecule has 0 aromatic carbocycles. The van der Waals surface area contributed by atoms with Crippen molar-refractivity contribution in [1.82, 2.24) is 9.78 Å². The van der Waals surface area contributed by atoms with Crippen molar-refractivity contribution < 1.29 is 4.79 Å². The maximum Gasteiger partial charge on any atom is 0.176 e. The lowest BCUT2D eigenvalue weighted by atomic mass is 10.3. The van der Waals surface area contributed by atoms with Gasteiger partial charge in [-0.15, -0.1) is 0 Å². The zero-order valence-electron chi connectivity index (χ0n) is 7.12. The van der Waals surface area contributed by atoms with Crippen LogP contribution in [0.5, 0.6) is 0 Å². The molecule has 1 rings (SSSR count). The number of carbonyl (C=O) groups is 1. The molecular formula is C8H11BrN2O. The third kappa shape index (κ3) is 1.94. The summed E-state index contributed by atoms with van der Waals surface area (Å²) in [5.74, 6) is 0.0712. The summed E-state index contributed by atoms with van der Waals surface area (Å²) in [4.78, 5) is 11.1. The van der Waals surface area contributed by atoms with E-state index < -0.39 is 0 Å². The number of alkyl halides is 1. The number of hydrogen-bond acceptors (Lipinski definition) is 2. The van der Waals surface area contributed by atoms with E-state index in [2.05, 4.69) is 21.0 Å². The van der Waals surface area contributed by atoms with Crippen LogP contribution in [0.3, 0.4) is 0 Å². The minimum Gasteiger partial charge on any atom is -0.293 e. The molecule has 0 radical (unpaired) electrons. The van der Waals surface area contributed by atoms with Crippen LogP contribution >= 0.6 is 15.9 Å². The lowest BCUT2D eigenvalue weighted by molar-refractivity contribution is 0.102. The molecule has 0 unspecified atom stereocenters. The van der Waals surface area contributed by atoms with Crippen LogP contribution in [0, 0.1) is 0 Å². The van der Waals surface area contributed by atoms with E-state index in [1.807, 2.05) is 13.8 Å². The van der Waals surface area contributed by atoms with Crippen LogP contribution in [0.1, 0.15) is 30.2 Å². The van der Waals surface area contributed by atoms with Crippen molar-refractivity contribution in [2.75, 3.05) is 5.33 Å². The maximum absolute atomic E-state index is 11.1. The van der Waals surface area contributed by atoms with Gasteiger partial charge in [0, 0.05) is 12.2 Å². The zero-order valence-corrected chi connectivity index (χ0v) is 8.71. The van der Waals surface area contributed by atoms with Gasteiger partial charge in [-0.1, -0.05) is 15.9 Å². The number of hydrogen-bond donors (Lipinski definition) is 0.